The van der Waals surface area contributed by atoms with Crippen LogP contribution in [-0.2, 0) is 0 Å². The van der Waals surface area contributed by atoms with Gasteiger partial charge in [-0.15, -0.1) is 0 Å². The molecule has 0 unspecified atom stereocenters. The topological polar surface area (TPSA) is 56.1 Å². The fraction of sp³-hybridized carbons (Fsp3) is 0.125. The van der Waals surface area contributed by atoms with E-state index in [4.69, 9.17) is 5.26 Å². The molecule has 0 aliphatic heterocycles. The highest BCUT2D eigenvalue weighted by atomic mass is 16.1. The van der Waals surface area contributed by atoms with Gasteiger partial charge in [-0.1, -0.05) is 12.1 Å². The van der Waals surface area contributed by atoms with E-state index >= 15 is 0 Å². The predicted octanol–water partition coefficient (Wildman–Crippen LogP) is 2.88. The summed E-state index contributed by atoms with van der Waals surface area (Å²) in [6, 6.07) is 16.3. The number of anilines is 2. The molecular weight excluding hydrogens is 250 g/mol. The van der Waals surface area contributed by atoms with E-state index < -0.39 is 0 Å². The number of para-hydroxylation sites is 1. The highest BCUT2D eigenvalue weighted by molar-refractivity contribution is 6.05. The minimum atomic E-state index is -0.224. The van der Waals surface area contributed by atoms with Gasteiger partial charge in [-0.25, -0.2) is 0 Å². The van der Waals surface area contributed by atoms with E-state index in [9.17, 15) is 4.79 Å². The highest BCUT2D eigenvalue weighted by Gasteiger charge is 2.08. The summed E-state index contributed by atoms with van der Waals surface area (Å²) in [4.78, 5) is 14.1. The molecule has 0 heterocycles. The maximum absolute atomic E-state index is 12.1. The Morgan fingerprint density at radius 3 is 2.35 bits per heavy atom. The van der Waals surface area contributed by atoms with Gasteiger partial charge in [0.2, 0.25) is 0 Å². The van der Waals surface area contributed by atoms with Crippen LogP contribution in [0.25, 0.3) is 0 Å². The molecule has 1 amide bonds. The molecule has 0 saturated carbocycles. The van der Waals surface area contributed by atoms with E-state index in [1.165, 1.54) is 0 Å². The van der Waals surface area contributed by atoms with Crippen molar-refractivity contribution in [2.75, 3.05) is 24.3 Å². The molecule has 20 heavy (non-hydrogen) atoms. The molecule has 2 aromatic rings. The first kappa shape index (κ1) is 13.6. The SMILES string of the molecule is CN(C)c1ccc(C(=O)Nc2ccccc2C#N)cc1. The maximum Gasteiger partial charge on any atom is 0.255 e. The summed E-state index contributed by atoms with van der Waals surface area (Å²) < 4.78 is 0. The molecule has 0 saturated heterocycles. The summed E-state index contributed by atoms with van der Waals surface area (Å²) in [7, 11) is 3.89. The van der Waals surface area contributed by atoms with Crippen LogP contribution >= 0.6 is 0 Å². The molecule has 0 aliphatic rings. The third kappa shape index (κ3) is 2.96. The summed E-state index contributed by atoms with van der Waals surface area (Å²) in [5.74, 6) is -0.224. The van der Waals surface area contributed by atoms with Gasteiger partial charge in [0.05, 0.1) is 11.3 Å². The average molecular weight is 265 g/mol. The van der Waals surface area contributed by atoms with E-state index in [-0.39, 0.29) is 5.91 Å². The van der Waals surface area contributed by atoms with Crippen LogP contribution in [0.5, 0.6) is 0 Å². The van der Waals surface area contributed by atoms with Gasteiger partial charge in [0.15, 0.2) is 0 Å². The number of carbonyl (C=O) groups is 1. The summed E-state index contributed by atoms with van der Waals surface area (Å²) >= 11 is 0. The molecule has 2 aromatic carbocycles. The summed E-state index contributed by atoms with van der Waals surface area (Å²) in [6.07, 6.45) is 0. The van der Waals surface area contributed by atoms with Crippen molar-refractivity contribution in [3.05, 3.63) is 59.7 Å². The molecule has 0 bridgehead atoms. The lowest BCUT2D eigenvalue weighted by Gasteiger charge is -2.12. The fourth-order valence-electron chi connectivity index (χ4n) is 1.80. The summed E-state index contributed by atoms with van der Waals surface area (Å²) in [5.41, 5.74) is 2.56. The van der Waals surface area contributed by atoms with Crippen LogP contribution in [0.1, 0.15) is 15.9 Å². The second kappa shape index (κ2) is 5.89. The number of carbonyl (C=O) groups excluding carboxylic acids is 1. The molecule has 0 aromatic heterocycles. The van der Waals surface area contributed by atoms with Crippen molar-refractivity contribution < 1.29 is 4.79 Å². The van der Waals surface area contributed by atoms with Crippen LogP contribution in [0.15, 0.2) is 48.5 Å². The second-order valence-corrected chi connectivity index (χ2v) is 4.55. The standard InChI is InChI=1S/C16H15N3O/c1-19(2)14-9-7-12(8-10-14)16(20)18-15-6-4-3-5-13(15)11-17/h3-10H,1-2H3,(H,18,20). The Hall–Kier alpha value is -2.80. The number of nitriles is 1. The smallest absolute Gasteiger partial charge is 0.255 e. The zero-order chi connectivity index (χ0) is 14.5. The number of hydrogen-bond donors (Lipinski definition) is 1. The Balaban J connectivity index is 2.18. The van der Waals surface area contributed by atoms with Crippen molar-refractivity contribution in [2.45, 2.75) is 0 Å². The molecule has 0 spiro atoms. The van der Waals surface area contributed by atoms with Crippen molar-refractivity contribution in [2.24, 2.45) is 0 Å². The van der Waals surface area contributed by atoms with Gasteiger partial charge in [-0.2, -0.15) is 5.26 Å². The van der Waals surface area contributed by atoms with Crippen LogP contribution in [-0.4, -0.2) is 20.0 Å². The molecule has 4 heteroatoms. The Morgan fingerprint density at radius 1 is 1.10 bits per heavy atom. The van der Waals surface area contributed by atoms with Gasteiger partial charge < -0.3 is 10.2 Å². The molecule has 0 atom stereocenters. The Kier molecular flexibility index (Phi) is 4.02. The minimum Gasteiger partial charge on any atom is -0.378 e. The zero-order valence-electron chi connectivity index (χ0n) is 11.4. The van der Waals surface area contributed by atoms with Gasteiger partial charge >= 0.3 is 0 Å². The van der Waals surface area contributed by atoms with Gasteiger partial charge in [0, 0.05) is 25.3 Å². The van der Waals surface area contributed by atoms with E-state index in [0.717, 1.165) is 5.69 Å². The summed E-state index contributed by atoms with van der Waals surface area (Å²) in [5, 5.41) is 11.7. The monoisotopic (exact) mass is 265 g/mol. The first-order chi connectivity index (χ1) is 9.61. The van der Waals surface area contributed by atoms with Crippen LogP contribution in [0.3, 0.4) is 0 Å². The van der Waals surface area contributed by atoms with Crippen LogP contribution < -0.4 is 10.2 Å². The van der Waals surface area contributed by atoms with Crippen molar-refractivity contribution in [1.82, 2.24) is 0 Å². The summed E-state index contributed by atoms with van der Waals surface area (Å²) in [6.45, 7) is 0. The maximum atomic E-state index is 12.1. The van der Waals surface area contributed by atoms with E-state index in [1.807, 2.05) is 31.1 Å². The van der Waals surface area contributed by atoms with E-state index in [1.54, 1.807) is 36.4 Å². The van der Waals surface area contributed by atoms with Gasteiger partial charge in [0.1, 0.15) is 6.07 Å². The van der Waals surface area contributed by atoms with Crippen LogP contribution in [0.2, 0.25) is 0 Å². The quantitative estimate of drug-likeness (QED) is 0.928. The number of amides is 1. The molecule has 0 aliphatic carbocycles. The molecule has 0 radical (unpaired) electrons. The average Bonchev–Trinajstić information content (AvgIpc) is 2.48. The third-order valence-corrected chi connectivity index (χ3v) is 2.94. The van der Waals surface area contributed by atoms with E-state index in [2.05, 4.69) is 11.4 Å². The van der Waals surface area contributed by atoms with E-state index in [0.29, 0.717) is 16.8 Å². The minimum absolute atomic E-state index is 0.224. The first-order valence-electron chi connectivity index (χ1n) is 6.19. The van der Waals surface area contributed by atoms with Crippen LogP contribution in [0, 0.1) is 11.3 Å². The van der Waals surface area contributed by atoms with Gasteiger partial charge in [-0.05, 0) is 36.4 Å². The second-order valence-electron chi connectivity index (χ2n) is 4.55. The third-order valence-electron chi connectivity index (χ3n) is 2.94. The number of nitrogens with one attached hydrogen (secondary N) is 1. The largest absolute Gasteiger partial charge is 0.378 e. The number of nitrogens with zero attached hydrogens (tertiary/aromatic N) is 2. The Bertz CT molecular complexity index is 654. The molecule has 2 rings (SSSR count). The van der Waals surface area contributed by atoms with Crippen molar-refractivity contribution >= 4 is 17.3 Å². The first-order valence-corrected chi connectivity index (χ1v) is 6.19. The lowest BCUT2D eigenvalue weighted by Crippen LogP contribution is -2.13. The number of benzene rings is 2. The lowest BCUT2D eigenvalue weighted by molar-refractivity contribution is 0.102. The molecule has 0 fully saturated rings. The molecular formula is C16H15N3O. The zero-order valence-corrected chi connectivity index (χ0v) is 11.4. The number of rotatable bonds is 3. The predicted molar refractivity (Wildman–Crippen MR) is 79.9 cm³/mol. The Labute approximate surface area is 118 Å². The van der Waals surface area contributed by atoms with Gasteiger partial charge in [-0.3, -0.25) is 4.79 Å². The highest BCUT2D eigenvalue weighted by Crippen LogP contribution is 2.16. The van der Waals surface area contributed by atoms with Crippen molar-refractivity contribution in [1.29, 1.82) is 5.26 Å². The normalized spacial score (nSPS) is 9.65. The van der Waals surface area contributed by atoms with Gasteiger partial charge in [0.25, 0.3) is 5.91 Å². The Morgan fingerprint density at radius 2 is 1.75 bits per heavy atom. The molecule has 4 nitrogen and oxygen atoms in total. The van der Waals surface area contributed by atoms with Crippen LogP contribution in [0.4, 0.5) is 11.4 Å². The fourth-order valence-corrected chi connectivity index (χ4v) is 1.80. The number of hydrogen-bond acceptors (Lipinski definition) is 3. The van der Waals surface area contributed by atoms with Crippen molar-refractivity contribution in [3.63, 3.8) is 0 Å². The molecule has 1 N–H and O–H groups in total. The molecule has 100 valence electrons. The lowest BCUT2D eigenvalue weighted by atomic mass is 10.1. The van der Waals surface area contributed by atoms with Crippen molar-refractivity contribution in [3.8, 4) is 6.07 Å².